The standard InChI is InChI=1S/C15H15N3O2S/c16-12-6-7-21-13(12)15(20)18-11-3-1-2-9(8-11)14(19)17-10-4-5-10/h1-3,6-8,10H,4-5,16H2,(H,17,19)(H,18,20). The minimum Gasteiger partial charge on any atom is -0.397 e. The molecule has 108 valence electrons. The normalized spacial score (nSPS) is 13.7. The number of amides is 2. The second-order valence-corrected chi connectivity index (χ2v) is 5.90. The molecule has 1 heterocycles. The number of nitrogens with two attached hydrogens (primary N) is 1. The van der Waals surface area contributed by atoms with Gasteiger partial charge in [0.05, 0.1) is 5.69 Å². The first kappa shape index (κ1) is 13.6. The van der Waals surface area contributed by atoms with Crippen LogP contribution in [0.4, 0.5) is 11.4 Å². The summed E-state index contributed by atoms with van der Waals surface area (Å²) in [5.74, 6) is -0.369. The Morgan fingerprint density at radius 2 is 2.00 bits per heavy atom. The molecule has 6 heteroatoms. The van der Waals surface area contributed by atoms with E-state index in [2.05, 4.69) is 10.6 Å². The predicted molar refractivity (Wildman–Crippen MR) is 83.6 cm³/mol. The molecule has 0 spiro atoms. The summed E-state index contributed by atoms with van der Waals surface area (Å²) >= 11 is 1.29. The Balaban J connectivity index is 1.72. The van der Waals surface area contributed by atoms with Gasteiger partial charge in [0.25, 0.3) is 11.8 Å². The predicted octanol–water partition coefficient (Wildman–Crippen LogP) is 2.47. The van der Waals surface area contributed by atoms with Gasteiger partial charge in [0.1, 0.15) is 4.88 Å². The number of nitrogens with one attached hydrogen (secondary N) is 2. The lowest BCUT2D eigenvalue weighted by molar-refractivity contribution is 0.0949. The van der Waals surface area contributed by atoms with Crippen molar-refractivity contribution in [3.63, 3.8) is 0 Å². The first-order valence-electron chi connectivity index (χ1n) is 6.69. The minimum atomic E-state index is -0.262. The number of benzene rings is 1. The third-order valence-corrected chi connectivity index (χ3v) is 4.13. The average Bonchev–Trinajstić information content (AvgIpc) is 3.17. The Morgan fingerprint density at radius 3 is 2.67 bits per heavy atom. The highest BCUT2D eigenvalue weighted by Gasteiger charge is 2.23. The van der Waals surface area contributed by atoms with Crippen LogP contribution in [0.25, 0.3) is 0 Å². The lowest BCUT2D eigenvalue weighted by Crippen LogP contribution is -2.25. The van der Waals surface area contributed by atoms with Crippen LogP contribution < -0.4 is 16.4 Å². The molecule has 1 saturated carbocycles. The molecule has 0 atom stereocenters. The molecular weight excluding hydrogens is 286 g/mol. The highest BCUT2D eigenvalue weighted by atomic mass is 32.1. The average molecular weight is 301 g/mol. The SMILES string of the molecule is Nc1ccsc1C(=O)Nc1cccc(C(=O)NC2CC2)c1. The lowest BCUT2D eigenvalue weighted by Gasteiger charge is -2.07. The van der Waals surface area contributed by atoms with Crippen molar-refractivity contribution >= 4 is 34.5 Å². The molecule has 0 radical (unpaired) electrons. The number of anilines is 2. The second kappa shape index (κ2) is 5.57. The Labute approximate surface area is 126 Å². The van der Waals surface area contributed by atoms with Crippen LogP contribution in [0.1, 0.15) is 32.9 Å². The summed E-state index contributed by atoms with van der Waals surface area (Å²) in [4.78, 5) is 24.5. The highest BCUT2D eigenvalue weighted by molar-refractivity contribution is 7.12. The van der Waals surface area contributed by atoms with Gasteiger partial charge < -0.3 is 16.4 Å². The van der Waals surface area contributed by atoms with Crippen molar-refractivity contribution in [1.29, 1.82) is 0 Å². The van der Waals surface area contributed by atoms with Gasteiger partial charge in [-0.1, -0.05) is 6.07 Å². The molecular formula is C15H15N3O2S. The highest BCUT2D eigenvalue weighted by Crippen LogP contribution is 2.22. The zero-order chi connectivity index (χ0) is 14.8. The zero-order valence-electron chi connectivity index (χ0n) is 11.3. The quantitative estimate of drug-likeness (QED) is 0.811. The molecule has 1 aromatic heterocycles. The summed E-state index contributed by atoms with van der Waals surface area (Å²) in [6, 6.07) is 8.89. The van der Waals surface area contributed by atoms with E-state index in [-0.39, 0.29) is 11.8 Å². The van der Waals surface area contributed by atoms with Gasteiger partial charge in [-0.25, -0.2) is 0 Å². The molecule has 1 aliphatic rings. The van der Waals surface area contributed by atoms with E-state index >= 15 is 0 Å². The Morgan fingerprint density at radius 1 is 1.19 bits per heavy atom. The summed E-state index contributed by atoms with van der Waals surface area (Å²) in [6.07, 6.45) is 2.08. The van der Waals surface area contributed by atoms with Gasteiger partial charge in [0.15, 0.2) is 0 Å². The first-order chi connectivity index (χ1) is 10.1. The fraction of sp³-hybridized carbons (Fsp3) is 0.200. The van der Waals surface area contributed by atoms with Crippen molar-refractivity contribution in [2.24, 2.45) is 0 Å². The number of hydrogen-bond donors (Lipinski definition) is 3. The van der Waals surface area contributed by atoms with Crippen LogP contribution in [-0.2, 0) is 0 Å². The first-order valence-corrected chi connectivity index (χ1v) is 7.56. The van der Waals surface area contributed by atoms with Crippen molar-refractivity contribution in [2.75, 3.05) is 11.1 Å². The Hall–Kier alpha value is -2.34. The molecule has 3 rings (SSSR count). The summed E-state index contributed by atoms with van der Waals surface area (Å²) < 4.78 is 0. The summed E-state index contributed by atoms with van der Waals surface area (Å²) in [6.45, 7) is 0. The van der Waals surface area contributed by atoms with E-state index in [1.807, 2.05) is 0 Å². The van der Waals surface area contributed by atoms with E-state index in [1.165, 1.54) is 11.3 Å². The van der Waals surface area contributed by atoms with Crippen molar-refractivity contribution in [1.82, 2.24) is 5.32 Å². The van der Waals surface area contributed by atoms with Crippen LogP contribution in [0.3, 0.4) is 0 Å². The summed E-state index contributed by atoms with van der Waals surface area (Å²) in [5, 5.41) is 7.45. The number of rotatable bonds is 4. The third kappa shape index (κ3) is 3.22. The van der Waals surface area contributed by atoms with Gasteiger partial charge in [-0.15, -0.1) is 11.3 Å². The van der Waals surface area contributed by atoms with Gasteiger partial charge in [-0.2, -0.15) is 0 Å². The monoisotopic (exact) mass is 301 g/mol. The van der Waals surface area contributed by atoms with E-state index in [9.17, 15) is 9.59 Å². The minimum absolute atomic E-state index is 0.107. The number of thiophene rings is 1. The maximum absolute atomic E-state index is 12.1. The van der Waals surface area contributed by atoms with Gasteiger partial charge in [-0.3, -0.25) is 9.59 Å². The van der Waals surface area contributed by atoms with Gasteiger partial charge in [-0.05, 0) is 42.5 Å². The van der Waals surface area contributed by atoms with Crippen LogP contribution in [0.5, 0.6) is 0 Å². The van der Waals surface area contributed by atoms with Gasteiger partial charge >= 0.3 is 0 Å². The molecule has 2 amide bonds. The molecule has 0 unspecified atom stereocenters. The van der Waals surface area contributed by atoms with Crippen LogP contribution in [0.15, 0.2) is 35.7 Å². The van der Waals surface area contributed by atoms with E-state index in [1.54, 1.807) is 35.7 Å². The Kier molecular flexibility index (Phi) is 3.62. The Bertz CT molecular complexity index is 692. The molecule has 1 fully saturated rings. The molecule has 0 aliphatic heterocycles. The molecule has 5 nitrogen and oxygen atoms in total. The van der Waals surface area contributed by atoms with Crippen molar-refractivity contribution < 1.29 is 9.59 Å². The van der Waals surface area contributed by atoms with E-state index in [4.69, 9.17) is 5.73 Å². The van der Waals surface area contributed by atoms with E-state index in [0.29, 0.717) is 27.9 Å². The van der Waals surface area contributed by atoms with Crippen LogP contribution in [-0.4, -0.2) is 17.9 Å². The van der Waals surface area contributed by atoms with Crippen LogP contribution >= 0.6 is 11.3 Å². The van der Waals surface area contributed by atoms with E-state index < -0.39 is 0 Å². The number of nitrogen functional groups attached to an aromatic ring is 1. The van der Waals surface area contributed by atoms with Crippen LogP contribution in [0, 0.1) is 0 Å². The lowest BCUT2D eigenvalue weighted by atomic mass is 10.2. The fourth-order valence-corrected chi connectivity index (χ4v) is 2.64. The number of hydrogen-bond acceptors (Lipinski definition) is 4. The molecule has 0 saturated heterocycles. The number of carbonyl (C=O) groups excluding carboxylic acids is 2. The van der Waals surface area contributed by atoms with Crippen LogP contribution in [0.2, 0.25) is 0 Å². The van der Waals surface area contributed by atoms with Crippen molar-refractivity contribution in [2.45, 2.75) is 18.9 Å². The maximum atomic E-state index is 12.1. The molecule has 0 bridgehead atoms. The van der Waals surface area contributed by atoms with Crippen molar-refractivity contribution in [3.8, 4) is 0 Å². The summed E-state index contributed by atoms with van der Waals surface area (Å²) in [7, 11) is 0. The molecule has 21 heavy (non-hydrogen) atoms. The van der Waals surface area contributed by atoms with E-state index in [0.717, 1.165) is 12.8 Å². The maximum Gasteiger partial charge on any atom is 0.267 e. The molecule has 1 aromatic carbocycles. The van der Waals surface area contributed by atoms with Gasteiger partial charge in [0.2, 0.25) is 0 Å². The summed E-state index contributed by atoms with van der Waals surface area (Å²) in [5.41, 5.74) is 7.30. The topological polar surface area (TPSA) is 84.2 Å². The zero-order valence-corrected chi connectivity index (χ0v) is 12.1. The number of carbonyl (C=O) groups is 2. The largest absolute Gasteiger partial charge is 0.397 e. The molecule has 1 aliphatic carbocycles. The van der Waals surface area contributed by atoms with Gasteiger partial charge in [0, 0.05) is 17.3 Å². The van der Waals surface area contributed by atoms with Crippen molar-refractivity contribution in [3.05, 3.63) is 46.2 Å². The third-order valence-electron chi connectivity index (χ3n) is 3.20. The smallest absolute Gasteiger partial charge is 0.267 e. The fourth-order valence-electron chi connectivity index (χ4n) is 1.93. The molecule has 2 aromatic rings. The second-order valence-electron chi connectivity index (χ2n) is 4.99. The molecule has 4 N–H and O–H groups in total.